The van der Waals surface area contributed by atoms with Crippen molar-refractivity contribution in [3.63, 3.8) is 0 Å². The molecule has 0 bridgehead atoms. The fraction of sp³-hybridized carbons (Fsp3) is 0. The number of carboxylic acids is 6. The summed E-state index contributed by atoms with van der Waals surface area (Å²) < 4.78 is 0. The maximum Gasteiger partial charge on any atom is 3.00 e. The van der Waals surface area contributed by atoms with Crippen LogP contribution in [0.4, 0.5) is 0 Å². The Morgan fingerprint density at radius 2 is 0.400 bits per heavy atom. The second kappa shape index (κ2) is 17.6. The molecule has 102 valence electrons. The minimum Gasteiger partial charge on any atom is -0.543 e. The Labute approximate surface area is 146 Å². The van der Waals surface area contributed by atoms with Gasteiger partial charge >= 0.3 is 51.7 Å². The molecule has 0 N–H and O–H groups in total. The molecule has 0 radical (unpaired) electrons. The van der Waals surface area contributed by atoms with Crippen molar-refractivity contribution in [2.45, 2.75) is 0 Å². The van der Waals surface area contributed by atoms with E-state index < -0.39 is 35.8 Å². The average Bonchev–Trinajstić information content (AvgIpc) is 2.18. The molecule has 0 amide bonds. The van der Waals surface area contributed by atoms with Gasteiger partial charge in [-0.1, -0.05) is 0 Å². The molecule has 0 aromatic heterocycles. The van der Waals surface area contributed by atoms with Gasteiger partial charge < -0.3 is 59.4 Å². The average molecular weight is 354 g/mol. The molecule has 0 atom stereocenters. The van der Waals surface area contributed by atoms with E-state index in [1.165, 1.54) is 0 Å². The van der Waals surface area contributed by atoms with Crippen molar-refractivity contribution >= 4 is 35.8 Å². The van der Waals surface area contributed by atoms with E-state index >= 15 is 0 Å². The molecule has 0 aromatic carbocycles. The van der Waals surface area contributed by atoms with Crippen molar-refractivity contribution in [3.05, 3.63) is 0 Å². The van der Waals surface area contributed by atoms with Crippen LogP contribution in [0.1, 0.15) is 0 Å². The summed E-state index contributed by atoms with van der Waals surface area (Å²) in [4.78, 5) is 53.6. The standard InChI is InChI=1S/3C2H2O4.2Sc/c3*3-1(4)2(5)6;;/h3*(H,3,4)(H,5,6);;/q;;;2*+3/p-6. The first-order valence-electron chi connectivity index (χ1n) is 3.20. The molecule has 14 heteroatoms. The Kier molecular flexibility index (Phi) is 27.3. The van der Waals surface area contributed by atoms with E-state index in [0.717, 1.165) is 0 Å². The topological polar surface area (TPSA) is 241 Å². The van der Waals surface area contributed by atoms with Gasteiger partial charge in [-0.05, 0) is 0 Å². The molecule has 0 heterocycles. The summed E-state index contributed by atoms with van der Waals surface area (Å²) in [5.74, 6) is -13.1. The van der Waals surface area contributed by atoms with Crippen LogP contribution < -0.4 is 30.6 Å². The molecule has 0 saturated carbocycles. The molecule has 0 rings (SSSR count). The molecule has 0 aromatic rings. The summed E-state index contributed by atoms with van der Waals surface area (Å²) >= 11 is 0. The minimum atomic E-state index is -2.19. The number of carbonyl (C=O) groups excluding carboxylic acids is 6. The summed E-state index contributed by atoms with van der Waals surface area (Å²) in [6.45, 7) is 0. The van der Waals surface area contributed by atoms with Gasteiger partial charge in [0, 0.05) is 0 Å². The predicted molar refractivity (Wildman–Crippen MR) is 30.0 cm³/mol. The Bertz CT molecular complexity index is 281. The zero-order chi connectivity index (χ0) is 15.5. The summed E-state index contributed by atoms with van der Waals surface area (Å²) in [6.07, 6.45) is 0. The summed E-state index contributed by atoms with van der Waals surface area (Å²) in [6, 6.07) is 0. The van der Waals surface area contributed by atoms with Crippen LogP contribution in [-0.4, -0.2) is 35.8 Å². The number of aliphatic carboxylic acids is 6. The maximum atomic E-state index is 8.93. The number of hydrogen-bond acceptors (Lipinski definition) is 12. The third kappa shape index (κ3) is 36.0. The van der Waals surface area contributed by atoms with Crippen LogP contribution in [0.2, 0.25) is 0 Å². The fourth-order valence-corrected chi connectivity index (χ4v) is 0. The van der Waals surface area contributed by atoms with Crippen LogP contribution in [0.3, 0.4) is 0 Å². The molecule has 0 saturated heterocycles. The van der Waals surface area contributed by atoms with Crippen LogP contribution in [0.15, 0.2) is 0 Å². The monoisotopic (exact) mass is 354 g/mol. The van der Waals surface area contributed by atoms with Gasteiger partial charge in [0.25, 0.3) is 0 Å². The molecular formula is C6O12Sc2. The summed E-state index contributed by atoms with van der Waals surface area (Å²) in [7, 11) is 0. The van der Waals surface area contributed by atoms with E-state index in [2.05, 4.69) is 0 Å². The van der Waals surface area contributed by atoms with Crippen LogP contribution in [-0.2, 0) is 80.5 Å². The quantitative estimate of drug-likeness (QED) is 0.368. The van der Waals surface area contributed by atoms with Crippen LogP contribution in [0, 0.1) is 0 Å². The molecular weight excluding hydrogens is 354 g/mol. The number of carbonyl (C=O) groups is 6. The predicted octanol–water partition coefficient (Wildman–Crippen LogP) is -10.5. The van der Waals surface area contributed by atoms with Gasteiger partial charge in [-0.3, -0.25) is 0 Å². The van der Waals surface area contributed by atoms with Crippen LogP contribution in [0.25, 0.3) is 0 Å². The summed E-state index contributed by atoms with van der Waals surface area (Å²) in [5.41, 5.74) is 0. The Morgan fingerprint density at radius 1 is 0.350 bits per heavy atom. The SMILES string of the molecule is O=C([O-])C(=O)[O-].O=C([O-])C(=O)[O-].O=C([O-])C(=O)[O-].[Sc+3].[Sc+3]. The van der Waals surface area contributed by atoms with E-state index in [0.29, 0.717) is 0 Å². The number of carboxylic acid groups (broad SMARTS) is 6. The van der Waals surface area contributed by atoms with Crippen molar-refractivity contribution in [2.75, 3.05) is 0 Å². The number of hydrogen-bond donors (Lipinski definition) is 0. The third-order valence-corrected chi connectivity index (χ3v) is 0.500. The van der Waals surface area contributed by atoms with Gasteiger partial charge in [0.1, 0.15) is 0 Å². The van der Waals surface area contributed by atoms with Crippen molar-refractivity contribution in [1.29, 1.82) is 0 Å². The first kappa shape index (κ1) is 31.1. The molecule has 0 aliphatic rings. The zero-order valence-corrected chi connectivity index (χ0v) is 12.7. The number of rotatable bonds is 0. The van der Waals surface area contributed by atoms with Gasteiger partial charge in [0.2, 0.25) is 0 Å². The largest absolute Gasteiger partial charge is 3.00 e. The normalized spacial score (nSPS) is 6.60. The zero-order valence-electron chi connectivity index (χ0n) is 9.05. The van der Waals surface area contributed by atoms with Gasteiger partial charge in [0.15, 0.2) is 0 Å². The molecule has 20 heavy (non-hydrogen) atoms. The first-order chi connectivity index (χ1) is 7.93. The maximum absolute atomic E-state index is 8.93. The van der Waals surface area contributed by atoms with E-state index in [1.54, 1.807) is 0 Å². The first-order valence-corrected chi connectivity index (χ1v) is 3.20. The Hall–Kier alpha value is -1.44. The third-order valence-electron chi connectivity index (χ3n) is 0.500. The van der Waals surface area contributed by atoms with Crippen LogP contribution >= 0.6 is 0 Å². The molecule has 0 aliphatic carbocycles. The Balaban J connectivity index is -0.0000000536. The second-order valence-electron chi connectivity index (χ2n) is 1.72. The Morgan fingerprint density at radius 3 is 0.400 bits per heavy atom. The van der Waals surface area contributed by atoms with E-state index in [9.17, 15) is 0 Å². The van der Waals surface area contributed by atoms with E-state index in [4.69, 9.17) is 59.4 Å². The van der Waals surface area contributed by atoms with E-state index in [-0.39, 0.29) is 51.7 Å². The van der Waals surface area contributed by atoms with Crippen molar-refractivity contribution in [3.8, 4) is 0 Å². The van der Waals surface area contributed by atoms with Crippen molar-refractivity contribution < 1.29 is 111 Å². The molecule has 0 unspecified atom stereocenters. The van der Waals surface area contributed by atoms with Gasteiger partial charge in [0.05, 0.1) is 35.8 Å². The molecule has 0 fully saturated rings. The molecule has 12 nitrogen and oxygen atoms in total. The summed E-state index contributed by atoms with van der Waals surface area (Å²) in [5, 5.41) is 53.6. The van der Waals surface area contributed by atoms with Crippen LogP contribution in [0.5, 0.6) is 0 Å². The fourth-order valence-electron chi connectivity index (χ4n) is 0. The van der Waals surface area contributed by atoms with Crippen molar-refractivity contribution in [2.24, 2.45) is 0 Å². The molecule has 0 spiro atoms. The van der Waals surface area contributed by atoms with Gasteiger partial charge in [-0.15, -0.1) is 0 Å². The van der Waals surface area contributed by atoms with Gasteiger partial charge in [-0.25, -0.2) is 0 Å². The second-order valence-corrected chi connectivity index (χ2v) is 1.72. The van der Waals surface area contributed by atoms with E-state index in [1.807, 2.05) is 0 Å². The van der Waals surface area contributed by atoms with Crippen molar-refractivity contribution in [1.82, 2.24) is 0 Å². The molecule has 0 aliphatic heterocycles. The minimum absolute atomic E-state index is 0. The van der Waals surface area contributed by atoms with Gasteiger partial charge in [-0.2, -0.15) is 0 Å². The smallest absolute Gasteiger partial charge is 0.543 e.